The number of pyridine rings is 1. The van der Waals surface area contributed by atoms with Crippen LogP contribution in [0.2, 0.25) is 0 Å². The Balaban J connectivity index is 1.25. The molecule has 0 amide bonds. The number of hydrazine groups is 1. The van der Waals surface area contributed by atoms with Gasteiger partial charge in [-0.2, -0.15) is 0 Å². The van der Waals surface area contributed by atoms with E-state index in [-0.39, 0.29) is 12.7 Å². The van der Waals surface area contributed by atoms with Crippen LogP contribution in [0.1, 0.15) is 30.3 Å². The predicted molar refractivity (Wildman–Crippen MR) is 125 cm³/mol. The van der Waals surface area contributed by atoms with Gasteiger partial charge in [0.2, 0.25) is 0 Å². The Morgan fingerprint density at radius 1 is 1.06 bits per heavy atom. The third-order valence-electron chi connectivity index (χ3n) is 6.99. The van der Waals surface area contributed by atoms with E-state index in [9.17, 15) is 5.11 Å². The van der Waals surface area contributed by atoms with Gasteiger partial charge in [0.1, 0.15) is 11.9 Å². The largest absolute Gasteiger partial charge is 0.496 e. The molecule has 0 radical (unpaired) electrons. The van der Waals surface area contributed by atoms with Gasteiger partial charge in [0.05, 0.1) is 43.7 Å². The number of fused-ring (bicyclic) bond motifs is 3. The number of rotatable bonds is 5. The molecular formula is C25H29N5O4. The van der Waals surface area contributed by atoms with Crippen LogP contribution in [-0.4, -0.2) is 82.2 Å². The second-order valence-corrected chi connectivity index (χ2v) is 9.14. The van der Waals surface area contributed by atoms with E-state index >= 15 is 0 Å². The van der Waals surface area contributed by atoms with Crippen LogP contribution < -0.4 is 4.74 Å². The Morgan fingerprint density at radius 2 is 1.88 bits per heavy atom. The van der Waals surface area contributed by atoms with Gasteiger partial charge in [-0.25, -0.2) is 20.0 Å². The fourth-order valence-corrected chi connectivity index (χ4v) is 5.19. The monoisotopic (exact) mass is 463 g/mol. The third kappa shape index (κ3) is 4.14. The van der Waals surface area contributed by atoms with E-state index in [1.54, 1.807) is 13.3 Å². The number of morpholine rings is 2. The summed E-state index contributed by atoms with van der Waals surface area (Å²) in [5, 5.41) is 15.4. The SMILES string of the molecule is COc1ccc(-c2cc3nc(C4CN(N5CC6CCC(C5)O6)CCO4)ncc3cn2)cc1CO. The fraction of sp³-hybridized carbons (Fsp3) is 0.480. The molecule has 5 heterocycles. The minimum atomic E-state index is -0.183. The lowest BCUT2D eigenvalue weighted by molar-refractivity contribution is -0.172. The van der Waals surface area contributed by atoms with Crippen LogP contribution in [0.25, 0.3) is 22.2 Å². The predicted octanol–water partition coefficient (Wildman–Crippen LogP) is 2.34. The molecule has 3 aliphatic rings. The van der Waals surface area contributed by atoms with Gasteiger partial charge in [-0.1, -0.05) is 0 Å². The number of aliphatic hydroxyl groups is 1. The maximum Gasteiger partial charge on any atom is 0.159 e. The van der Waals surface area contributed by atoms with Gasteiger partial charge in [-0.3, -0.25) is 4.98 Å². The summed E-state index contributed by atoms with van der Waals surface area (Å²) in [5.74, 6) is 1.35. The summed E-state index contributed by atoms with van der Waals surface area (Å²) >= 11 is 0. The van der Waals surface area contributed by atoms with Crippen molar-refractivity contribution in [2.75, 3.05) is 39.9 Å². The first-order valence-corrected chi connectivity index (χ1v) is 11.9. The summed E-state index contributed by atoms with van der Waals surface area (Å²) in [7, 11) is 1.60. The molecule has 0 aliphatic carbocycles. The number of ether oxygens (including phenoxy) is 3. The second-order valence-electron chi connectivity index (χ2n) is 9.14. The Labute approximate surface area is 198 Å². The van der Waals surface area contributed by atoms with E-state index in [4.69, 9.17) is 19.2 Å². The zero-order valence-corrected chi connectivity index (χ0v) is 19.3. The maximum atomic E-state index is 9.67. The first-order chi connectivity index (χ1) is 16.7. The van der Waals surface area contributed by atoms with Crippen LogP contribution in [0.15, 0.2) is 36.7 Å². The average Bonchev–Trinajstić information content (AvgIpc) is 3.24. The summed E-state index contributed by atoms with van der Waals surface area (Å²) < 4.78 is 17.4. The summed E-state index contributed by atoms with van der Waals surface area (Å²) in [4.78, 5) is 14.1. The quantitative estimate of drug-likeness (QED) is 0.612. The number of methoxy groups -OCH3 is 1. The molecule has 3 unspecified atom stereocenters. The highest BCUT2D eigenvalue weighted by Crippen LogP contribution is 2.30. The molecule has 6 rings (SSSR count). The highest BCUT2D eigenvalue weighted by molar-refractivity contribution is 5.81. The van der Waals surface area contributed by atoms with E-state index in [0.29, 0.717) is 30.4 Å². The zero-order chi connectivity index (χ0) is 23.1. The van der Waals surface area contributed by atoms with E-state index in [2.05, 4.69) is 20.0 Å². The molecule has 0 saturated carbocycles. The fourth-order valence-electron chi connectivity index (χ4n) is 5.19. The Hall–Kier alpha value is -2.69. The van der Waals surface area contributed by atoms with Crippen LogP contribution in [0, 0.1) is 0 Å². The highest BCUT2D eigenvalue weighted by Gasteiger charge is 2.38. The van der Waals surface area contributed by atoms with Crippen molar-refractivity contribution in [2.24, 2.45) is 0 Å². The number of aliphatic hydroxyl groups excluding tert-OH is 1. The van der Waals surface area contributed by atoms with Crippen molar-refractivity contribution >= 4 is 10.9 Å². The summed E-state index contributed by atoms with van der Waals surface area (Å²) in [5.41, 5.74) is 3.22. The van der Waals surface area contributed by atoms with Crippen molar-refractivity contribution in [1.82, 2.24) is 25.0 Å². The van der Waals surface area contributed by atoms with Crippen molar-refractivity contribution in [3.05, 3.63) is 48.0 Å². The van der Waals surface area contributed by atoms with E-state index in [1.807, 2.05) is 30.5 Å². The van der Waals surface area contributed by atoms with Crippen molar-refractivity contribution in [1.29, 1.82) is 0 Å². The lowest BCUT2D eigenvalue weighted by atomic mass is 10.1. The molecule has 1 N–H and O–H groups in total. The molecule has 2 aromatic heterocycles. The number of benzene rings is 1. The molecule has 34 heavy (non-hydrogen) atoms. The van der Waals surface area contributed by atoms with Crippen molar-refractivity contribution in [3.63, 3.8) is 0 Å². The standard InChI is InChI=1S/C25H29N5O4/c1-32-23-5-2-16(8-17(23)15-31)21-9-22-18(10-26-21)11-27-25(28-22)24-14-29(6-7-33-24)30-12-19-3-4-20(13-30)34-19/h2,5,8-11,19-20,24,31H,3-4,6-7,12-15H2,1H3. The van der Waals surface area contributed by atoms with Gasteiger partial charge in [-0.15, -0.1) is 0 Å². The first kappa shape index (κ1) is 21.8. The van der Waals surface area contributed by atoms with Gasteiger partial charge in [0, 0.05) is 55.1 Å². The molecule has 178 valence electrons. The smallest absolute Gasteiger partial charge is 0.159 e. The molecule has 2 bridgehead atoms. The third-order valence-corrected chi connectivity index (χ3v) is 6.99. The van der Waals surface area contributed by atoms with Crippen LogP contribution in [0.5, 0.6) is 5.75 Å². The van der Waals surface area contributed by atoms with Crippen LogP contribution >= 0.6 is 0 Å². The lowest BCUT2D eigenvalue weighted by Crippen LogP contribution is -2.56. The molecule has 9 heteroatoms. The van der Waals surface area contributed by atoms with Crippen LogP contribution in [0.3, 0.4) is 0 Å². The maximum absolute atomic E-state index is 9.67. The Bertz CT molecular complexity index is 1180. The molecule has 0 spiro atoms. The number of aromatic nitrogens is 3. The van der Waals surface area contributed by atoms with Crippen molar-refractivity contribution in [3.8, 4) is 17.0 Å². The molecule has 9 nitrogen and oxygen atoms in total. The molecular weight excluding hydrogens is 434 g/mol. The van der Waals surface area contributed by atoms with Gasteiger partial charge in [-0.05, 0) is 37.1 Å². The topological polar surface area (TPSA) is 93.1 Å². The van der Waals surface area contributed by atoms with Gasteiger partial charge in [0.25, 0.3) is 0 Å². The highest BCUT2D eigenvalue weighted by atomic mass is 16.5. The lowest BCUT2D eigenvalue weighted by Gasteiger charge is -2.43. The normalized spacial score (nSPS) is 25.6. The molecule has 3 aromatic rings. The molecule has 3 fully saturated rings. The average molecular weight is 464 g/mol. The Morgan fingerprint density at radius 3 is 2.68 bits per heavy atom. The van der Waals surface area contributed by atoms with Crippen LogP contribution in [-0.2, 0) is 16.1 Å². The van der Waals surface area contributed by atoms with Gasteiger partial charge >= 0.3 is 0 Å². The minimum Gasteiger partial charge on any atom is -0.496 e. The number of hydrogen-bond donors (Lipinski definition) is 1. The molecule has 1 aromatic carbocycles. The van der Waals surface area contributed by atoms with E-state index < -0.39 is 0 Å². The van der Waals surface area contributed by atoms with E-state index in [0.717, 1.165) is 66.7 Å². The number of nitrogens with zero attached hydrogens (tertiary/aromatic N) is 5. The van der Waals surface area contributed by atoms with Crippen molar-refractivity contribution in [2.45, 2.75) is 37.8 Å². The summed E-state index contributed by atoms with van der Waals surface area (Å²) in [6.45, 7) is 4.07. The molecule has 3 saturated heterocycles. The first-order valence-electron chi connectivity index (χ1n) is 11.9. The van der Waals surface area contributed by atoms with Crippen LogP contribution in [0.4, 0.5) is 0 Å². The molecule has 3 aliphatic heterocycles. The zero-order valence-electron chi connectivity index (χ0n) is 19.3. The Kier molecular flexibility index (Phi) is 5.88. The minimum absolute atomic E-state index is 0.100. The molecule has 3 atom stereocenters. The summed E-state index contributed by atoms with van der Waals surface area (Å²) in [6, 6.07) is 7.64. The number of hydrogen-bond acceptors (Lipinski definition) is 9. The van der Waals surface area contributed by atoms with Gasteiger partial charge < -0.3 is 19.3 Å². The second kappa shape index (κ2) is 9.16. The van der Waals surface area contributed by atoms with Crippen molar-refractivity contribution < 1.29 is 19.3 Å². The summed E-state index contributed by atoms with van der Waals surface area (Å²) in [6.07, 6.45) is 6.45. The van der Waals surface area contributed by atoms with E-state index in [1.165, 1.54) is 0 Å². The van der Waals surface area contributed by atoms with Gasteiger partial charge in [0.15, 0.2) is 5.82 Å².